The number of halogens is 1. The van der Waals surface area contributed by atoms with Crippen molar-refractivity contribution in [1.29, 1.82) is 0 Å². The zero-order valence-corrected chi connectivity index (χ0v) is 9.84. The fourth-order valence-corrected chi connectivity index (χ4v) is 1.41. The highest BCUT2D eigenvalue weighted by atomic mass is 19.1. The van der Waals surface area contributed by atoms with E-state index < -0.39 is 42.5 Å². The van der Waals surface area contributed by atoms with E-state index in [-0.39, 0.29) is 5.92 Å². The van der Waals surface area contributed by atoms with Gasteiger partial charge in [0, 0.05) is 0 Å². The molecule has 0 saturated heterocycles. The average molecular weight is 250 g/mol. The molecule has 0 saturated carbocycles. The standard InChI is InChI=1S/C10H19FN2O4/c1-4(2)7(12)9(15)6(5(14)3-11)8(13)10(16)17/h4-8,14H,3,12-13H2,1-2H3,(H,16,17)/t5?,6?,7-,8?/m0/s1. The minimum absolute atomic E-state index is 0.252. The number of carbonyl (C=O) groups excluding carboxylic acids is 1. The molecule has 3 unspecified atom stereocenters. The first-order valence-corrected chi connectivity index (χ1v) is 5.25. The van der Waals surface area contributed by atoms with Crippen molar-refractivity contribution in [3.8, 4) is 0 Å². The van der Waals surface area contributed by atoms with Gasteiger partial charge in [0.25, 0.3) is 0 Å². The molecule has 0 aromatic heterocycles. The van der Waals surface area contributed by atoms with E-state index in [1.54, 1.807) is 13.8 Å². The van der Waals surface area contributed by atoms with Crippen LogP contribution < -0.4 is 11.5 Å². The molecule has 100 valence electrons. The molecule has 0 fully saturated rings. The molecular formula is C10H19FN2O4. The Labute approximate surface area is 98.8 Å². The van der Waals surface area contributed by atoms with E-state index in [1.807, 2.05) is 0 Å². The van der Waals surface area contributed by atoms with Gasteiger partial charge in [-0.05, 0) is 5.92 Å². The lowest BCUT2D eigenvalue weighted by Gasteiger charge is -2.27. The van der Waals surface area contributed by atoms with Crippen LogP contribution in [0.2, 0.25) is 0 Å². The van der Waals surface area contributed by atoms with E-state index in [4.69, 9.17) is 16.6 Å². The fourth-order valence-electron chi connectivity index (χ4n) is 1.41. The quantitative estimate of drug-likeness (QED) is 0.454. The summed E-state index contributed by atoms with van der Waals surface area (Å²) in [6.45, 7) is 2.07. The normalized spacial score (nSPS) is 18.5. The van der Waals surface area contributed by atoms with Crippen LogP contribution in [-0.2, 0) is 9.59 Å². The van der Waals surface area contributed by atoms with Gasteiger partial charge in [-0.1, -0.05) is 13.8 Å². The van der Waals surface area contributed by atoms with Gasteiger partial charge in [-0.15, -0.1) is 0 Å². The van der Waals surface area contributed by atoms with E-state index in [1.165, 1.54) is 0 Å². The Balaban J connectivity index is 5.05. The van der Waals surface area contributed by atoms with Gasteiger partial charge in [-0.25, -0.2) is 4.39 Å². The van der Waals surface area contributed by atoms with Crippen molar-refractivity contribution in [2.75, 3.05) is 6.67 Å². The summed E-state index contributed by atoms with van der Waals surface area (Å²) >= 11 is 0. The molecule has 7 heteroatoms. The van der Waals surface area contributed by atoms with Crippen molar-refractivity contribution in [2.45, 2.75) is 32.0 Å². The maximum absolute atomic E-state index is 12.4. The van der Waals surface area contributed by atoms with E-state index >= 15 is 0 Å². The smallest absolute Gasteiger partial charge is 0.321 e. The largest absolute Gasteiger partial charge is 0.480 e. The van der Waals surface area contributed by atoms with Crippen LogP contribution in [0, 0.1) is 11.8 Å². The van der Waals surface area contributed by atoms with Crippen molar-refractivity contribution in [3.05, 3.63) is 0 Å². The number of ketones is 1. The molecule has 0 bridgehead atoms. The highest BCUT2D eigenvalue weighted by Crippen LogP contribution is 2.16. The molecule has 0 heterocycles. The van der Waals surface area contributed by atoms with Crippen LogP contribution in [-0.4, -0.2) is 46.8 Å². The second-order valence-corrected chi connectivity index (χ2v) is 4.28. The first-order valence-electron chi connectivity index (χ1n) is 5.25. The third-order valence-corrected chi connectivity index (χ3v) is 2.62. The third kappa shape index (κ3) is 4.03. The SMILES string of the molecule is CC(C)[C@H](N)C(=O)C(C(O)CF)C(N)C(=O)O. The van der Waals surface area contributed by atoms with Gasteiger partial charge >= 0.3 is 5.97 Å². The first kappa shape index (κ1) is 16.0. The number of carboxylic acid groups (broad SMARTS) is 1. The number of carbonyl (C=O) groups is 2. The molecular weight excluding hydrogens is 231 g/mol. The highest BCUT2D eigenvalue weighted by molar-refractivity contribution is 5.92. The molecule has 0 aromatic carbocycles. The molecule has 0 rings (SSSR count). The molecule has 6 nitrogen and oxygen atoms in total. The number of carboxylic acids is 1. The van der Waals surface area contributed by atoms with Gasteiger partial charge < -0.3 is 21.7 Å². The summed E-state index contributed by atoms with van der Waals surface area (Å²) in [5, 5.41) is 18.1. The number of aliphatic hydroxyl groups excluding tert-OH is 1. The van der Waals surface area contributed by atoms with Crippen molar-refractivity contribution < 1.29 is 24.2 Å². The highest BCUT2D eigenvalue weighted by Gasteiger charge is 2.39. The topological polar surface area (TPSA) is 127 Å². The van der Waals surface area contributed by atoms with Gasteiger partial charge in [-0.3, -0.25) is 9.59 Å². The molecule has 6 N–H and O–H groups in total. The molecule has 0 aromatic rings. The molecule has 0 aliphatic carbocycles. The molecule has 0 spiro atoms. The molecule has 4 atom stereocenters. The van der Waals surface area contributed by atoms with Crippen LogP contribution in [0.3, 0.4) is 0 Å². The average Bonchev–Trinajstić information content (AvgIpc) is 2.27. The van der Waals surface area contributed by atoms with E-state index in [2.05, 4.69) is 0 Å². The summed E-state index contributed by atoms with van der Waals surface area (Å²) in [7, 11) is 0. The van der Waals surface area contributed by atoms with Crippen LogP contribution in [0.25, 0.3) is 0 Å². The maximum Gasteiger partial charge on any atom is 0.321 e. The summed E-state index contributed by atoms with van der Waals surface area (Å²) in [6, 6.07) is -2.65. The number of hydrogen-bond donors (Lipinski definition) is 4. The molecule has 0 aliphatic rings. The minimum Gasteiger partial charge on any atom is -0.480 e. The van der Waals surface area contributed by atoms with Gasteiger partial charge in [0.05, 0.1) is 18.1 Å². The Kier molecular flexibility index (Phi) is 6.22. The number of aliphatic hydroxyl groups is 1. The van der Waals surface area contributed by atoms with Crippen molar-refractivity contribution in [2.24, 2.45) is 23.3 Å². The zero-order valence-electron chi connectivity index (χ0n) is 9.84. The molecule has 0 radical (unpaired) electrons. The van der Waals surface area contributed by atoms with Crippen molar-refractivity contribution in [3.63, 3.8) is 0 Å². The van der Waals surface area contributed by atoms with Crippen LogP contribution >= 0.6 is 0 Å². The van der Waals surface area contributed by atoms with Gasteiger partial charge in [0.15, 0.2) is 5.78 Å². The van der Waals surface area contributed by atoms with E-state index in [9.17, 15) is 19.1 Å². The Morgan fingerprint density at radius 3 is 2.00 bits per heavy atom. The van der Waals surface area contributed by atoms with Crippen molar-refractivity contribution >= 4 is 11.8 Å². The summed E-state index contributed by atoms with van der Waals surface area (Å²) in [5.41, 5.74) is 10.8. The van der Waals surface area contributed by atoms with Gasteiger partial charge in [-0.2, -0.15) is 0 Å². The minimum atomic E-state index is -1.75. The number of hydrogen-bond acceptors (Lipinski definition) is 5. The monoisotopic (exact) mass is 250 g/mol. The van der Waals surface area contributed by atoms with Crippen LogP contribution in [0.5, 0.6) is 0 Å². The second kappa shape index (κ2) is 6.63. The Bertz CT molecular complexity index is 285. The molecule has 0 aliphatic heterocycles. The zero-order chi connectivity index (χ0) is 13.7. The van der Waals surface area contributed by atoms with Gasteiger partial charge in [0.1, 0.15) is 12.7 Å². The van der Waals surface area contributed by atoms with Crippen LogP contribution in [0.4, 0.5) is 4.39 Å². The Hall–Kier alpha value is -1.05. The summed E-state index contributed by atoms with van der Waals surface area (Å²) < 4.78 is 12.4. The molecule has 0 amide bonds. The predicted molar refractivity (Wildman–Crippen MR) is 58.9 cm³/mol. The lowest BCUT2D eigenvalue weighted by Crippen LogP contribution is -2.54. The van der Waals surface area contributed by atoms with E-state index in [0.29, 0.717) is 0 Å². The van der Waals surface area contributed by atoms with Crippen LogP contribution in [0.1, 0.15) is 13.8 Å². The Morgan fingerprint density at radius 1 is 1.24 bits per heavy atom. The Morgan fingerprint density at radius 2 is 1.71 bits per heavy atom. The molecule has 17 heavy (non-hydrogen) atoms. The van der Waals surface area contributed by atoms with E-state index in [0.717, 1.165) is 0 Å². The number of Topliss-reactive ketones (excluding diaryl/α,β-unsaturated/α-hetero) is 1. The lowest BCUT2D eigenvalue weighted by molar-refractivity contribution is -0.146. The lowest BCUT2D eigenvalue weighted by atomic mass is 9.84. The third-order valence-electron chi connectivity index (χ3n) is 2.62. The number of nitrogens with two attached hydrogens (primary N) is 2. The number of alkyl halides is 1. The maximum atomic E-state index is 12.4. The van der Waals surface area contributed by atoms with Crippen molar-refractivity contribution in [1.82, 2.24) is 0 Å². The summed E-state index contributed by atoms with van der Waals surface area (Å²) in [6.07, 6.45) is -1.75. The summed E-state index contributed by atoms with van der Waals surface area (Å²) in [4.78, 5) is 22.5. The fraction of sp³-hybridized carbons (Fsp3) is 0.800. The first-order chi connectivity index (χ1) is 7.73. The number of aliphatic carboxylic acids is 1. The summed E-state index contributed by atoms with van der Waals surface area (Å²) in [5.74, 6) is -4.00. The predicted octanol–water partition coefficient (Wildman–Crippen LogP) is -1.10. The second-order valence-electron chi connectivity index (χ2n) is 4.28. The van der Waals surface area contributed by atoms with Gasteiger partial charge in [0.2, 0.25) is 0 Å². The van der Waals surface area contributed by atoms with Crippen LogP contribution in [0.15, 0.2) is 0 Å². The number of rotatable bonds is 7.